The topological polar surface area (TPSA) is 46.9 Å². The maximum Gasteiger partial charge on any atom is 0.269 e. The summed E-state index contributed by atoms with van der Waals surface area (Å²) in [6.07, 6.45) is 43.5. The lowest BCUT2D eigenvalue weighted by molar-refractivity contribution is 0.0943. The van der Waals surface area contributed by atoms with Gasteiger partial charge >= 0.3 is 0 Å². The molecule has 0 radical (unpaired) electrons. The number of unbranched alkanes of at least 4 members (excludes halogenated alkanes) is 21. The van der Waals surface area contributed by atoms with E-state index in [0.29, 0.717) is 5.69 Å². The summed E-state index contributed by atoms with van der Waals surface area (Å²) in [7, 11) is 1.80. The summed E-state index contributed by atoms with van der Waals surface area (Å²) in [6.45, 7) is 3.05. The van der Waals surface area contributed by atoms with Crippen LogP contribution in [0, 0.1) is 0 Å². The zero-order chi connectivity index (χ0) is 28.1. The molecule has 1 aromatic rings. The van der Waals surface area contributed by atoms with Crippen molar-refractivity contribution >= 4 is 5.91 Å². The van der Waals surface area contributed by atoms with Gasteiger partial charge < -0.3 is 5.32 Å². The van der Waals surface area contributed by atoms with Gasteiger partial charge in [-0.15, -0.1) is 0 Å². The standard InChI is InChI=1S/C35H63N3O/c1-3-4-5-6-7-8-9-10-11-12-13-14-15-16-17-18-19-20-21-22-23-24-25-26-27-28-29-30-32-36-35(39)34-31-33-37-38(34)2/h14-15,18-19,31,33H,3-13,16-17,20-30,32H2,1-2H3,(H,36,39)/b15-14-,19-18-. The van der Waals surface area contributed by atoms with E-state index in [2.05, 4.69) is 41.6 Å². The number of rotatable bonds is 28. The van der Waals surface area contributed by atoms with Gasteiger partial charge in [-0.05, 0) is 51.0 Å². The average molecular weight is 542 g/mol. The first-order chi connectivity index (χ1) is 19.3. The Morgan fingerprint density at radius 1 is 0.641 bits per heavy atom. The van der Waals surface area contributed by atoms with Crippen molar-refractivity contribution in [2.75, 3.05) is 6.54 Å². The third kappa shape index (κ3) is 22.7. The highest BCUT2D eigenvalue weighted by atomic mass is 16.2. The number of aromatic nitrogens is 2. The van der Waals surface area contributed by atoms with Crippen LogP contribution in [0.4, 0.5) is 0 Å². The molecule has 0 unspecified atom stereocenters. The molecule has 4 nitrogen and oxygen atoms in total. The van der Waals surface area contributed by atoms with Crippen LogP contribution in [-0.2, 0) is 7.05 Å². The normalized spacial score (nSPS) is 11.7. The number of carbonyl (C=O) groups is 1. The van der Waals surface area contributed by atoms with Crippen LogP contribution < -0.4 is 5.32 Å². The lowest BCUT2D eigenvalue weighted by Gasteiger charge is -2.05. The second-order valence-electron chi connectivity index (χ2n) is 11.4. The number of allylic oxidation sites excluding steroid dienone is 4. The Morgan fingerprint density at radius 3 is 1.49 bits per heavy atom. The SMILES string of the molecule is CCCCCCCCCCCC/C=C\CC/C=C\CCCCCCCCCCCCNC(=O)c1ccnn1C. The van der Waals surface area contributed by atoms with E-state index in [4.69, 9.17) is 0 Å². The van der Waals surface area contributed by atoms with Crippen LogP contribution in [0.2, 0.25) is 0 Å². The minimum absolute atomic E-state index is 0.0207. The van der Waals surface area contributed by atoms with Crippen LogP contribution in [0.1, 0.15) is 172 Å². The molecule has 4 heteroatoms. The molecular weight excluding hydrogens is 478 g/mol. The summed E-state index contributed by atoms with van der Waals surface area (Å²) in [5, 5.41) is 7.03. The molecule has 0 aliphatic heterocycles. The predicted octanol–water partition coefficient (Wildman–Crippen LogP) is 10.6. The van der Waals surface area contributed by atoms with Gasteiger partial charge in [0, 0.05) is 19.8 Å². The number of aryl methyl sites for hydroxylation is 1. The summed E-state index contributed by atoms with van der Waals surface area (Å²) in [6, 6.07) is 1.76. The number of nitrogens with one attached hydrogen (secondary N) is 1. The maximum atomic E-state index is 12.0. The van der Waals surface area contributed by atoms with E-state index in [1.54, 1.807) is 24.0 Å². The zero-order valence-electron chi connectivity index (χ0n) is 25.9. The molecule has 1 aromatic heterocycles. The van der Waals surface area contributed by atoms with E-state index < -0.39 is 0 Å². The van der Waals surface area contributed by atoms with E-state index in [0.717, 1.165) is 13.0 Å². The molecule has 1 amide bonds. The fourth-order valence-corrected chi connectivity index (χ4v) is 5.10. The van der Waals surface area contributed by atoms with Gasteiger partial charge in [0.15, 0.2) is 0 Å². The van der Waals surface area contributed by atoms with Gasteiger partial charge in [-0.2, -0.15) is 5.10 Å². The largest absolute Gasteiger partial charge is 0.351 e. The van der Waals surface area contributed by atoms with Crippen molar-refractivity contribution < 1.29 is 4.79 Å². The molecule has 0 saturated heterocycles. The highest BCUT2D eigenvalue weighted by Gasteiger charge is 2.08. The second-order valence-corrected chi connectivity index (χ2v) is 11.4. The van der Waals surface area contributed by atoms with Gasteiger partial charge in [0.05, 0.1) is 0 Å². The summed E-state index contributed by atoms with van der Waals surface area (Å²) in [5.74, 6) is -0.0207. The lowest BCUT2D eigenvalue weighted by atomic mass is 10.1. The van der Waals surface area contributed by atoms with Crippen molar-refractivity contribution in [1.82, 2.24) is 15.1 Å². The van der Waals surface area contributed by atoms with Crippen molar-refractivity contribution in [3.63, 3.8) is 0 Å². The molecule has 224 valence electrons. The monoisotopic (exact) mass is 541 g/mol. The highest BCUT2D eigenvalue weighted by Crippen LogP contribution is 2.13. The molecule has 0 aromatic carbocycles. The maximum absolute atomic E-state index is 12.0. The fraction of sp³-hybridized carbons (Fsp3) is 0.771. The third-order valence-corrected chi connectivity index (χ3v) is 7.69. The summed E-state index contributed by atoms with van der Waals surface area (Å²) >= 11 is 0. The van der Waals surface area contributed by atoms with Crippen LogP contribution in [-0.4, -0.2) is 22.2 Å². The molecular formula is C35H63N3O. The van der Waals surface area contributed by atoms with Gasteiger partial charge in [-0.25, -0.2) is 0 Å². The molecule has 1 heterocycles. The second kappa shape index (κ2) is 27.7. The molecule has 0 bridgehead atoms. The molecule has 0 aliphatic carbocycles. The zero-order valence-corrected chi connectivity index (χ0v) is 25.9. The third-order valence-electron chi connectivity index (χ3n) is 7.69. The van der Waals surface area contributed by atoms with Crippen LogP contribution in [0.5, 0.6) is 0 Å². The van der Waals surface area contributed by atoms with Crippen molar-refractivity contribution in [2.24, 2.45) is 7.05 Å². The van der Waals surface area contributed by atoms with Crippen molar-refractivity contribution in [3.8, 4) is 0 Å². The van der Waals surface area contributed by atoms with E-state index in [9.17, 15) is 4.79 Å². The highest BCUT2D eigenvalue weighted by molar-refractivity contribution is 5.92. The number of amides is 1. The Labute approximate surface area is 242 Å². The molecule has 39 heavy (non-hydrogen) atoms. The quantitative estimate of drug-likeness (QED) is 0.0847. The molecule has 1 N–H and O–H groups in total. The molecule has 1 rings (SSSR count). The summed E-state index contributed by atoms with van der Waals surface area (Å²) in [4.78, 5) is 12.0. The fourth-order valence-electron chi connectivity index (χ4n) is 5.10. The molecule has 0 spiro atoms. The van der Waals surface area contributed by atoms with Crippen molar-refractivity contribution in [3.05, 3.63) is 42.3 Å². The van der Waals surface area contributed by atoms with E-state index in [1.165, 1.54) is 148 Å². The first-order valence-electron chi connectivity index (χ1n) is 16.8. The average Bonchev–Trinajstić information content (AvgIpc) is 3.38. The predicted molar refractivity (Wildman–Crippen MR) is 170 cm³/mol. The Bertz CT molecular complexity index is 721. The Morgan fingerprint density at radius 2 is 1.05 bits per heavy atom. The summed E-state index contributed by atoms with van der Waals surface area (Å²) < 4.78 is 1.62. The molecule has 0 atom stereocenters. The van der Waals surface area contributed by atoms with Crippen molar-refractivity contribution in [2.45, 2.75) is 161 Å². The van der Waals surface area contributed by atoms with Gasteiger partial charge in [-0.1, -0.05) is 140 Å². The molecule has 0 fully saturated rings. The van der Waals surface area contributed by atoms with Gasteiger partial charge in [-0.3, -0.25) is 9.48 Å². The van der Waals surface area contributed by atoms with Gasteiger partial charge in [0.2, 0.25) is 0 Å². The number of hydrogen-bond acceptors (Lipinski definition) is 2. The van der Waals surface area contributed by atoms with E-state index in [-0.39, 0.29) is 5.91 Å². The van der Waals surface area contributed by atoms with Crippen molar-refractivity contribution in [1.29, 1.82) is 0 Å². The van der Waals surface area contributed by atoms with Crippen LogP contribution in [0.3, 0.4) is 0 Å². The van der Waals surface area contributed by atoms with Crippen LogP contribution >= 0.6 is 0 Å². The minimum atomic E-state index is -0.0207. The Hall–Kier alpha value is -1.84. The number of carbonyl (C=O) groups excluding carboxylic acids is 1. The van der Waals surface area contributed by atoms with Crippen LogP contribution in [0.25, 0.3) is 0 Å². The smallest absolute Gasteiger partial charge is 0.269 e. The molecule has 0 saturated carbocycles. The summed E-state index contributed by atoms with van der Waals surface area (Å²) in [5.41, 5.74) is 0.628. The van der Waals surface area contributed by atoms with Gasteiger partial charge in [0.25, 0.3) is 5.91 Å². The minimum Gasteiger partial charge on any atom is -0.351 e. The Balaban J connectivity index is 1.72. The first kappa shape index (κ1) is 35.2. The first-order valence-corrected chi connectivity index (χ1v) is 16.8. The molecule has 0 aliphatic rings. The van der Waals surface area contributed by atoms with E-state index >= 15 is 0 Å². The van der Waals surface area contributed by atoms with E-state index in [1.807, 2.05) is 0 Å². The number of hydrogen-bond donors (Lipinski definition) is 1. The van der Waals surface area contributed by atoms with Gasteiger partial charge in [0.1, 0.15) is 5.69 Å². The Kier molecular flexibility index (Phi) is 25.0. The lowest BCUT2D eigenvalue weighted by Crippen LogP contribution is -2.26. The van der Waals surface area contributed by atoms with Crippen LogP contribution in [0.15, 0.2) is 36.6 Å². The number of nitrogens with zero attached hydrogens (tertiary/aromatic N) is 2.